The van der Waals surface area contributed by atoms with Crippen LogP contribution in [0.5, 0.6) is 0 Å². The molecule has 0 saturated carbocycles. The van der Waals surface area contributed by atoms with Crippen LogP contribution < -0.4 is 10.2 Å². The molecule has 30 heavy (non-hydrogen) atoms. The molecule has 3 rings (SSSR count). The third kappa shape index (κ3) is 5.34. The van der Waals surface area contributed by atoms with Crippen LogP contribution in [0.25, 0.3) is 0 Å². The third-order valence-electron chi connectivity index (χ3n) is 6.39. The molecule has 1 aromatic rings. The molecule has 2 fully saturated rings. The van der Waals surface area contributed by atoms with Crippen molar-refractivity contribution in [3.05, 3.63) is 29.8 Å². The Morgan fingerprint density at radius 3 is 2.30 bits per heavy atom. The molecule has 168 valence electrons. The second kappa shape index (κ2) is 9.66. The Labute approximate surface area is 181 Å². The van der Waals surface area contributed by atoms with Crippen LogP contribution in [-0.4, -0.2) is 63.2 Å². The summed E-state index contributed by atoms with van der Waals surface area (Å²) in [4.78, 5) is 15.2. The molecule has 2 atom stereocenters. The summed E-state index contributed by atoms with van der Waals surface area (Å²) in [5, 5.41) is 3.12. The number of anilines is 1. The maximum absolute atomic E-state index is 12.7. The van der Waals surface area contributed by atoms with E-state index >= 15 is 0 Å². The number of nitrogens with zero attached hydrogens (tertiary/aromatic N) is 3. The highest BCUT2D eigenvalue weighted by Gasteiger charge is 2.32. The average molecular weight is 437 g/mol. The first-order valence-electron chi connectivity index (χ1n) is 11.0. The van der Waals surface area contributed by atoms with Gasteiger partial charge in [-0.2, -0.15) is 17.0 Å². The minimum absolute atomic E-state index is 0.0123. The molecule has 7 nitrogen and oxygen atoms in total. The number of carbonyl (C=O) groups excluding carboxylic acids is 1. The fourth-order valence-corrected chi connectivity index (χ4v) is 5.53. The van der Waals surface area contributed by atoms with E-state index in [9.17, 15) is 13.2 Å². The predicted molar refractivity (Wildman–Crippen MR) is 121 cm³/mol. The van der Waals surface area contributed by atoms with E-state index < -0.39 is 10.2 Å². The van der Waals surface area contributed by atoms with Gasteiger partial charge >= 0.3 is 0 Å². The summed E-state index contributed by atoms with van der Waals surface area (Å²) in [5.41, 5.74) is 2.34. The minimum atomic E-state index is -3.40. The van der Waals surface area contributed by atoms with Gasteiger partial charge < -0.3 is 10.2 Å². The maximum Gasteiger partial charge on any atom is 0.281 e. The highest BCUT2D eigenvalue weighted by molar-refractivity contribution is 7.86. The molecule has 8 heteroatoms. The van der Waals surface area contributed by atoms with Crippen LogP contribution in [0, 0.1) is 11.8 Å². The van der Waals surface area contributed by atoms with Crippen molar-refractivity contribution in [3.8, 4) is 0 Å². The zero-order valence-corrected chi connectivity index (χ0v) is 19.5. The molecule has 2 saturated heterocycles. The van der Waals surface area contributed by atoms with Crippen LogP contribution in [0.1, 0.15) is 51.1 Å². The SMILES string of the molecule is C[C@@H]1CCCN(c2ccc([C@H](C)NC(=O)C3CCN(S(=O)(=O)N(C)C)CC3)cc2)C1. The van der Waals surface area contributed by atoms with Gasteiger partial charge in [0.25, 0.3) is 10.2 Å². The van der Waals surface area contributed by atoms with E-state index in [0.29, 0.717) is 25.9 Å². The Kier molecular flexibility index (Phi) is 7.42. The van der Waals surface area contributed by atoms with E-state index in [2.05, 4.69) is 41.4 Å². The molecule has 0 aliphatic carbocycles. The summed E-state index contributed by atoms with van der Waals surface area (Å²) in [7, 11) is -0.332. The lowest BCUT2D eigenvalue weighted by molar-refractivity contribution is -0.126. The van der Waals surface area contributed by atoms with Crippen molar-refractivity contribution in [1.82, 2.24) is 13.9 Å². The largest absolute Gasteiger partial charge is 0.371 e. The second-order valence-corrected chi connectivity index (χ2v) is 11.1. The van der Waals surface area contributed by atoms with E-state index in [1.54, 1.807) is 0 Å². The zero-order chi connectivity index (χ0) is 21.9. The zero-order valence-electron chi connectivity index (χ0n) is 18.7. The fourth-order valence-electron chi connectivity index (χ4n) is 4.39. The Bertz CT molecular complexity index is 817. The number of carbonyl (C=O) groups is 1. The molecule has 1 amide bonds. The van der Waals surface area contributed by atoms with Gasteiger partial charge in [-0.1, -0.05) is 19.1 Å². The second-order valence-electron chi connectivity index (χ2n) is 8.98. The molecule has 0 aromatic heterocycles. The number of rotatable bonds is 6. The number of benzene rings is 1. The van der Waals surface area contributed by atoms with E-state index in [1.807, 2.05) is 6.92 Å². The van der Waals surface area contributed by atoms with E-state index in [-0.39, 0.29) is 17.9 Å². The lowest BCUT2D eigenvalue weighted by Gasteiger charge is -2.33. The molecule has 2 aliphatic heterocycles. The summed E-state index contributed by atoms with van der Waals surface area (Å²) in [5.74, 6) is 0.601. The molecule has 0 bridgehead atoms. The number of hydrogen-bond acceptors (Lipinski definition) is 4. The van der Waals surface area contributed by atoms with Gasteiger partial charge in [-0.3, -0.25) is 4.79 Å². The van der Waals surface area contributed by atoms with Crippen molar-refractivity contribution in [2.24, 2.45) is 11.8 Å². The van der Waals surface area contributed by atoms with Crippen molar-refractivity contribution in [2.45, 2.75) is 45.6 Å². The number of piperidine rings is 2. The van der Waals surface area contributed by atoms with E-state index in [4.69, 9.17) is 0 Å². The first kappa shape index (κ1) is 23.0. The van der Waals surface area contributed by atoms with Gasteiger partial charge in [-0.25, -0.2) is 0 Å². The van der Waals surface area contributed by atoms with Crippen molar-refractivity contribution in [3.63, 3.8) is 0 Å². The summed E-state index contributed by atoms with van der Waals surface area (Å²) in [6.45, 7) is 7.29. The van der Waals surface area contributed by atoms with Crippen LogP contribution in [0.3, 0.4) is 0 Å². The molecule has 0 spiro atoms. The van der Waals surface area contributed by atoms with Crippen LogP contribution in [0.2, 0.25) is 0 Å². The van der Waals surface area contributed by atoms with E-state index in [1.165, 1.54) is 41.2 Å². The summed E-state index contributed by atoms with van der Waals surface area (Å²) >= 11 is 0. The Hall–Kier alpha value is -1.64. The molecule has 2 heterocycles. The van der Waals surface area contributed by atoms with Crippen molar-refractivity contribution in [2.75, 3.05) is 45.2 Å². The first-order valence-corrected chi connectivity index (χ1v) is 12.4. The smallest absolute Gasteiger partial charge is 0.281 e. The summed E-state index contributed by atoms with van der Waals surface area (Å²) in [6, 6.07) is 8.44. The predicted octanol–water partition coefficient (Wildman–Crippen LogP) is 2.62. The first-order chi connectivity index (χ1) is 14.2. The van der Waals surface area contributed by atoms with E-state index in [0.717, 1.165) is 24.6 Å². The van der Waals surface area contributed by atoms with Crippen LogP contribution in [0.4, 0.5) is 5.69 Å². The van der Waals surface area contributed by atoms with Crippen molar-refractivity contribution >= 4 is 21.8 Å². The van der Waals surface area contributed by atoms with Crippen LogP contribution in [-0.2, 0) is 15.0 Å². The number of amides is 1. The topological polar surface area (TPSA) is 73.0 Å². The maximum atomic E-state index is 12.7. The van der Waals surface area contributed by atoms with Gasteiger partial charge in [-0.15, -0.1) is 0 Å². The van der Waals surface area contributed by atoms with Gasteiger partial charge in [-0.05, 0) is 56.2 Å². The number of nitrogens with one attached hydrogen (secondary N) is 1. The minimum Gasteiger partial charge on any atom is -0.371 e. The van der Waals surface area contributed by atoms with Gasteiger partial charge in [0.1, 0.15) is 0 Å². The molecule has 1 N–H and O–H groups in total. The third-order valence-corrected chi connectivity index (χ3v) is 8.33. The van der Waals surface area contributed by atoms with Crippen molar-refractivity contribution in [1.29, 1.82) is 0 Å². The van der Waals surface area contributed by atoms with Crippen LogP contribution >= 0.6 is 0 Å². The Balaban J connectivity index is 1.52. The summed E-state index contributed by atoms with van der Waals surface area (Å²) < 4.78 is 27.1. The van der Waals surface area contributed by atoms with Gasteiger partial charge in [0.15, 0.2) is 0 Å². The lowest BCUT2D eigenvalue weighted by Crippen LogP contribution is -2.47. The Morgan fingerprint density at radius 1 is 1.10 bits per heavy atom. The molecule has 1 aromatic carbocycles. The standard InChI is InChI=1S/C22H36N4O3S/c1-17-6-5-13-25(16-17)21-9-7-19(8-10-21)18(2)23-22(27)20-11-14-26(15-12-20)30(28,29)24(3)4/h7-10,17-18,20H,5-6,11-16H2,1-4H3,(H,23,27)/t17-,18+/m1/s1. The van der Waals surface area contributed by atoms with Crippen molar-refractivity contribution < 1.29 is 13.2 Å². The van der Waals surface area contributed by atoms with Crippen LogP contribution in [0.15, 0.2) is 24.3 Å². The molecular weight excluding hydrogens is 400 g/mol. The quantitative estimate of drug-likeness (QED) is 0.744. The fraction of sp³-hybridized carbons (Fsp3) is 0.682. The highest BCUT2D eigenvalue weighted by Crippen LogP contribution is 2.26. The van der Waals surface area contributed by atoms with Gasteiger partial charge in [0, 0.05) is 51.9 Å². The molecule has 2 aliphatic rings. The van der Waals surface area contributed by atoms with Gasteiger partial charge in [0.05, 0.1) is 6.04 Å². The normalized spacial score (nSPS) is 22.8. The molecule has 0 unspecified atom stereocenters. The monoisotopic (exact) mass is 436 g/mol. The lowest BCUT2D eigenvalue weighted by atomic mass is 9.96. The summed E-state index contributed by atoms with van der Waals surface area (Å²) in [6.07, 6.45) is 3.65. The average Bonchev–Trinajstić information content (AvgIpc) is 2.73. The molecular formula is C22H36N4O3S. The highest BCUT2D eigenvalue weighted by atomic mass is 32.2. The Morgan fingerprint density at radius 2 is 1.73 bits per heavy atom. The van der Waals surface area contributed by atoms with Gasteiger partial charge in [0.2, 0.25) is 5.91 Å². The molecule has 0 radical (unpaired) electrons. The number of hydrogen-bond donors (Lipinski definition) is 1.